The molecule has 5 nitrogen and oxygen atoms in total. The monoisotopic (exact) mass is 355 g/mol. The molecule has 1 fully saturated rings. The first-order valence-corrected chi connectivity index (χ1v) is 7.58. The van der Waals surface area contributed by atoms with E-state index < -0.39 is 0 Å². The van der Waals surface area contributed by atoms with E-state index in [4.69, 9.17) is 4.74 Å². The second-order valence-corrected chi connectivity index (χ2v) is 5.84. The van der Waals surface area contributed by atoms with Crippen LogP contribution in [0.25, 0.3) is 0 Å². The average molecular weight is 356 g/mol. The fourth-order valence-corrected chi connectivity index (χ4v) is 2.74. The highest BCUT2D eigenvalue weighted by molar-refractivity contribution is 7.09. The number of amides is 1. The molecule has 1 unspecified atom stereocenters. The summed E-state index contributed by atoms with van der Waals surface area (Å²) in [6.45, 7) is 6.78. The Hall–Kier alpha value is -0.400. The normalized spacial score (nSPS) is 17.8. The summed E-state index contributed by atoms with van der Waals surface area (Å²) in [5.74, 6) is 0.482. The highest BCUT2D eigenvalue weighted by atomic mass is 35.5. The zero-order chi connectivity index (χ0) is 13.7. The fraction of sp³-hybridized carbons (Fsp3) is 0.692. The molecular weight excluding hydrogens is 333 g/mol. The number of thiazole rings is 1. The molecule has 2 rings (SSSR count). The van der Waals surface area contributed by atoms with Crippen LogP contribution in [0.2, 0.25) is 0 Å². The molecule has 1 saturated heterocycles. The van der Waals surface area contributed by atoms with E-state index in [1.54, 1.807) is 11.3 Å². The summed E-state index contributed by atoms with van der Waals surface area (Å²) in [5.41, 5.74) is 1.06. The van der Waals surface area contributed by atoms with Gasteiger partial charge in [-0.05, 0) is 0 Å². The summed E-state index contributed by atoms with van der Waals surface area (Å²) in [7, 11) is 0. The Bertz CT molecular complexity index is 423. The summed E-state index contributed by atoms with van der Waals surface area (Å²) < 4.78 is 5.26. The molecular formula is C13H23Cl2N3O2S. The van der Waals surface area contributed by atoms with Gasteiger partial charge in [0.05, 0.1) is 23.9 Å². The maximum absolute atomic E-state index is 11.8. The number of carbonyl (C=O) groups excluding carboxylic acids is 1. The van der Waals surface area contributed by atoms with Crippen LogP contribution in [0.3, 0.4) is 0 Å². The van der Waals surface area contributed by atoms with Crippen molar-refractivity contribution in [3.8, 4) is 0 Å². The van der Waals surface area contributed by atoms with Crippen molar-refractivity contribution in [2.75, 3.05) is 26.3 Å². The van der Waals surface area contributed by atoms with Gasteiger partial charge in [0, 0.05) is 30.8 Å². The third-order valence-corrected chi connectivity index (χ3v) is 4.18. The Morgan fingerprint density at radius 1 is 1.57 bits per heavy atom. The number of halogens is 2. The van der Waals surface area contributed by atoms with Gasteiger partial charge in [0.2, 0.25) is 5.91 Å². The second-order valence-electron chi connectivity index (χ2n) is 4.95. The summed E-state index contributed by atoms with van der Waals surface area (Å²) in [4.78, 5) is 16.4. The molecule has 122 valence electrons. The number of morpholine rings is 1. The molecule has 0 bridgehead atoms. The summed E-state index contributed by atoms with van der Waals surface area (Å²) in [6.07, 6.45) is 0.780. The van der Waals surface area contributed by atoms with Crippen LogP contribution in [-0.4, -0.2) is 43.2 Å². The maximum Gasteiger partial charge on any atom is 0.239 e. The van der Waals surface area contributed by atoms with E-state index >= 15 is 0 Å². The van der Waals surface area contributed by atoms with Gasteiger partial charge < -0.3 is 15.4 Å². The highest BCUT2D eigenvalue weighted by Crippen LogP contribution is 2.19. The van der Waals surface area contributed by atoms with Crippen molar-refractivity contribution in [2.24, 2.45) is 0 Å². The zero-order valence-electron chi connectivity index (χ0n) is 12.3. The number of hydrogen-bond acceptors (Lipinski definition) is 5. The first-order chi connectivity index (χ1) is 9.16. The van der Waals surface area contributed by atoms with E-state index in [9.17, 15) is 4.79 Å². The number of aromatic nitrogens is 1. The van der Waals surface area contributed by atoms with E-state index in [0.717, 1.165) is 23.7 Å². The molecule has 1 aliphatic rings. The summed E-state index contributed by atoms with van der Waals surface area (Å²) in [6, 6.07) is -0.213. The van der Waals surface area contributed by atoms with Crippen molar-refractivity contribution >= 4 is 42.1 Å². The zero-order valence-corrected chi connectivity index (χ0v) is 14.7. The van der Waals surface area contributed by atoms with Crippen molar-refractivity contribution in [2.45, 2.75) is 32.2 Å². The van der Waals surface area contributed by atoms with Gasteiger partial charge in [-0.1, -0.05) is 13.8 Å². The van der Waals surface area contributed by atoms with Gasteiger partial charge in [0.1, 0.15) is 6.04 Å². The van der Waals surface area contributed by atoms with Crippen LogP contribution >= 0.6 is 36.2 Å². The topological polar surface area (TPSA) is 63.2 Å². The molecule has 0 saturated carbocycles. The molecule has 2 N–H and O–H groups in total. The van der Waals surface area contributed by atoms with Crippen LogP contribution in [0.1, 0.15) is 30.5 Å². The molecule has 1 amide bonds. The predicted octanol–water partition coefficient (Wildman–Crippen LogP) is 1.76. The van der Waals surface area contributed by atoms with E-state index in [-0.39, 0.29) is 36.8 Å². The third-order valence-electron chi connectivity index (χ3n) is 2.98. The number of nitrogens with one attached hydrogen (secondary N) is 2. The second kappa shape index (κ2) is 10.3. The SMILES string of the molecule is CC(C)c1nc(CCNC(=O)C2COCCN2)cs1.Cl.Cl. The van der Waals surface area contributed by atoms with E-state index in [1.165, 1.54) is 0 Å². The third kappa shape index (κ3) is 6.48. The first kappa shape index (κ1) is 20.6. The number of ether oxygens (including phenoxy) is 1. The maximum atomic E-state index is 11.8. The van der Waals surface area contributed by atoms with Gasteiger partial charge in [-0.2, -0.15) is 0 Å². The smallest absolute Gasteiger partial charge is 0.239 e. The first-order valence-electron chi connectivity index (χ1n) is 6.70. The van der Waals surface area contributed by atoms with Crippen molar-refractivity contribution in [1.82, 2.24) is 15.6 Å². The number of carbonyl (C=O) groups is 1. The largest absolute Gasteiger partial charge is 0.378 e. The lowest BCUT2D eigenvalue weighted by atomic mass is 10.2. The molecule has 8 heteroatoms. The Morgan fingerprint density at radius 3 is 2.90 bits per heavy atom. The molecule has 0 aromatic carbocycles. The standard InChI is InChI=1S/C13H21N3O2S.2ClH/c1-9(2)13-16-10(8-19-13)3-4-15-12(17)11-7-18-6-5-14-11;;/h8-9,11,14H,3-7H2,1-2H3,(H,15,17);2*1H. The predicted molar refractivity (Wildman–Crippen MR) is 90.0 cm³/mol. The number of rotatable bonds is 5. The van der Waals surface area contributed by atoms with Crippen molar-refractivity contribution < 1.29 is 9.53 Å². The molecule has 1 aromatic heterocycles. The van der Waals surface area contributed by atoms with Gasteiger partial charge in [-0.25, -0.2) is 4.98 Å². The van der Waals surface area contributed by atoms with Crippen LogP contribution in [0, 0.1) is 0 Å². The summed E-state index contributed by atoms with van der Waals surface area (Å²) >= 11 is 1.69. The van der Waals surface area contributed by atoms with Crippen LogP contribution in [0.4, 0.5) is 0 Å². The van der Waals surface area contributed by atoms with Gasteiger partial charge >= 0.3 is 0 Å². The Labute approximate surface area is 142 Å². The van der Waals surface area contributed by atoms with E-state index in [0.29, 0.717) is 25.7 Å². The highest BCUT2D eigenvalue weighted by Gasteiger charge is 2.20. The van der Waals surface area contributed by atoms with Crippen molar-refractivity contribution in [3.63, 3.8) is 0 Å². The number of hydrogen-bond donors (Lipinski definition) is 2. The minimum atomic E-state index is -0.213. The Morgan fingerprint density at radius 2 is 2.33 bits per heavy atom. The molecule has 21 heavy (non-hydrogen) atoms. The minimum Gasteiger partial charge on any atom is -0.378 e. The lowest BCUT2D eigenvalue weighted by Gasteiger charge is -2.22. The van der Waals surface area contributed by atoms with E-state index in [1.807, 2.05) is 0 Å². The quantitative estimate of drug-likeness (QED) is 0.844. The molecule has 0 spiro atoms. The Kier molecular flexibility index (Phi) is 10.1. The molecule has 1 aliphatic heterocycles. The van der Waals surface area contributed by atoms with Gasteiger partial charge in [0.25, 0.3) is 0 Å². The lowest BCUT2D eigenvalue weighted by molar-refractivity contribution is -0.125. The molecule has 2 heterocycles. The molecule has 0 aliphatic carbocycles. The van der Waals surface area contributed by atoms with Gasteiger partial charge in [-0.3, -0.25) is 4.79 Å². The van der Waals surface area contributed by atoms with Crippen LogP contribution < -0.4 is 10.6 Å². The fourth-order valence-electron chi connectivity index (χ4n) is 1.87. The van der Waals surface area contributed by atoms with Gasteiger partial charge in [0.15, 0.2) is 0 Å². The lowest BCUT2D eigenvalue weighted by Crippen LogP contribution is -2.51. The minimum absolute atomic E-state index is 0. The van der Waals surface area contributed by atoms with E-state index in [2.05, 4.69) is 34.8 Å². The van der Waals surface area contributed by atoms with Crippen LogP contribution in [0.5, 0.6) is 0 Å². The molecule has 0 radical (unpaired) electrons. The van der Waals surface area contributed by atoms with Crippen LogP contribution in [0.15, 0.2) is 5.38 Å². The Balaban J connectivity index is 0.00000200. The summed E-state index contributed by atoms with van der Waals surface area (Å²) in [5, 5.41) is 9.29. The van der Waals surface area contributed by atoms with Gasteiger partial charge in [-0.15, -0.1) is 36.2 Å². The van der Waals surface area contributed by atoms with Crippen LogP contribution in [-0.2, 0) is 16.0 Å². The molecule has 1 atom stereocenters. The average Bonchev–Trinajstić information content (AvgIpc) is 2.89. The molecule has 1 aromatic rings. The van der Waals surface area contributed by atoms with Crippen molar-refractivity contribution in [1.29, 1.82) is 0 Å². The number of nitrogens with zero attached hydrogens (tertiary/aromatic N) is 1. The van der Waals surface area contributed by atoms with Crippen molar-refractivity contribution in [3.05, 3.63) is 16.1 Å².